The van der Waals surface area contributed by atoms with Gasteiger partial charge in [-0.15, -0.1) is 0 Å². The molecule has 2 aromatic rings. The lowest BCUT2D eigenvalue weighted by atomic mass is 9.95. The molecule has 0 radical (unpaired) electrons. The minimum absolute atomic E-state index is 0.228. The largest absolute Gasteiger partial charge is 0.497 e. The number of aromatic nitrogens is 1. The van der Waals surface area contributed by atoms with Crippen LogP contribution >= 0.6 is 0 Å². The van der Waals surface area contributed by atoms with Crippen molar-refractivity contribution in [2.75, 3.05) is 24.9 Å². The number of anilines is 2. The molecule has 3 rings (SSSR count). The minimum Gasteiger partial charge on any atom is -0.497 e. The first kappa shape index (κ1) is 18.0. The predicted molar refractivity (Wildman–Crippen MR) is 102 cm³/mol. The zero-order chi connectivity index (χ0) is 18.4. The average Bonchev–Trinajstić information content (AvgIpc) is 2.69. The van der Waals surface area contributed by atoms with Crippen molar-refractivity contribution >= 4 is 17.3 Å². The Bertz CT molecular complexity index is 758. The van der Waals surface area contributed by atoms with Gasteiger partial charge >= 0.3 is 0 Å². The summed E-state index contributed by atoms with van der Waals surface area (Å²) in [6, 6.07) is 7.57. The van der Waals surface area contributed by atoms with Crippen LogP contribution in [-0.2, 0) is 0 Å². The van der Waals surface area contributed by atoms with Crippen LogP contribution in [0.1, 0.15) is 42.5 Å². The summed E-state index contributed by atoms with van der Waals surface area (Å²) in [7, 11) is 3.14. The monoisotopic (exact) mass is 355 g/mol. The summed E-state index contributed by atoms with van der Waals surface area (Å²) in [4.78, 5) is 16.8. The maximum atomic E-state index is 12.6. The topological polar surface area (TPSA) is 72.5 Å². The Labute approximate surface area is 153 Å². The number of ether oxygens (including phenoxy) is 2. The normalized spacial score (nSPS) is 14.5. The lowest BCUT2D eigenvalue weighted by molar-refractivity contribution is 0.102. The smallest absolute Gasteiger partial charge is 0.257 e. The van der Waals surface area contributed by atoms with Gasteiger partial charge in [-0.05, 0) is 31.0 Å². The fraction of sp³-hybridized carbons (Fsp3) is 0.400. The van der Waals surface area contributed by atoms with Gasteiger partial charge in [0.1, 0.15) is 11.5 Å². The molecule has 6 nitrogen and oxygen atoms in total. The van der Waals surface area contributed by atoms with Crippen LogP contribution in [0.25, 0.3) is 0 Å². The molecule has 0 unspecified atom stereocenters. The van der Waals surface area contributed by atoms with E-state index in [9.17, 15) is 4.79 Å². The number of nitrogens with zero attached hydrogens (tertiary/aromatic N) is 1. The highest BCUT2D eigenvalue weighted by molar-refractivity contribution is 6.05. The summed E-state index contributed by atoms with van der Waals surface area (Å²) in [5.74, 6) is 0.982. The highest BCUT2D eigenvalue weighted by Crippen LogP contribution is 2.29. The van der Waals surface area contributed by atoms with Gasteiger partial charge in [-0.25, -0.2) is 0 Å². The molecule has 0 bridgehead atoms. The van der Waals surface area contributed by atoms with Crippen LogP contribution in [0.3, 0.4) is 0 Å². The van der Waals surface area contributed by atoms with E-state index < -0.39 is 0 Å². The minimum atomic E-state index is -0.228. The van der Waals surface area contributed by atoms with Crippen molar-refractivity contribution in [3.8, 4) is 11.5 Å². The number of hydrogen-bond acceptors (Lipinski definition) is 5. The number of methoxy groups -OCH3 is 2. The lowest BCUT2D eigenvalue weighted by Gasteiger charge is -2.23. The summed E-state index contributed by atoms with van der Waals surface area (Å²) in [6.07, 6.45) is 9.48. The third-order valence-corrected chi connectivity index (χ3v) is 4.63. The molecule has 1 aromatic heterocycles. The zero-order valence-electron chi connectivity index (χ0n) is 15.2. The fourth-order valence-electron chi connectivity index (χ4n) is 3.22. The van der Waals surface area contributed by atoms with Crippen LogP contribution in [0.15, 0.2) is 36.7 Å². The quantitative estimate of drug-likeness (QED) is 0.816. The molecule has 1 aliphatic carbocycles. The van der Waals surface area contributed by atoms with E-state index in [1.807, 2.05) is 6.07 Å². The maximum absolute atomic E-state index is 12.6. The van der Waals surface area contributed by atoms with E-state index >= 15 is 0 Å². The highest BCUT2D eigenvalue weighted by atomic mass is 16.5. The van der Waals surface area contributed by atoms with Gasteiger partial charge in [-0.3, -0.25) is 9.78 Å². The Morgan fingerprint density at radius 1 is 1.08 bits per heavy atom. The van der Waals surface area contributed by atoms with Gasteiger partial charge in [-0.1, -0.05) is 19.3 Å². The van der Waals surface area contributed by atoms with Gasteiger partial charge in [0.25, 0.3) is 5.91 Å². The number of nitrogens with one attached hydrogen (secondary N) is 2. The molecule has 1 aromatic carbocycles. The summed E-state index contributed by atoms with van der Waals surface area (Å²) >= 11 is 0. The SMILES string of the molecule is COc1ccc(NC(=O)c2cncc(NC3CCCCC3)c2)c(OC)c1. The summed E-state index contributed by atoms with van der Waals surface area (Å²) < 4.78 is 10.5. The van der Waals surface area contributed by atoms with Crippen LogP contribution in [0.5, 0.6) is 11.5 Å². The molecular formula is C20H25N3O3. The molecule has 1 fully saturated rings. The van der Waals surface area contributed by atoms with Crippen LogP contribution < -0.4 is 20.1 Å². The van der Waals surface area contributed by atoms with E-state index in [0.29, 0.717) is 28.8 Å². The number of amides is 1. The summed E-state index contributed by atoms with van der Waals surface area (Å²) in [5.41, 5.74) is 1.97. The van der Waals surface area contributed by atoms with Gasteiger partial charge in [0.2, 0.25) is 0 Å². The van der Waals surface area contributed by atoms with Crippen LogP contribution in [0.2, 0.25) is 0 Å². The van der Waals surface area contributed by atoms with E-state index in [4.69, 9.17) is 9.47 Å². The summed E-state index contributed by atoms with van der Waals surface area (Å²) in [6.45, 7) is 0. The molecule has 26 heavy (non-hydrogen) atoms. The lowest BCUT2D eigenvalue weighted by Crippen LogP contribution is -2.22. The Balaban J connectivity index is 1.70. The van der Waals surface area contributed by atoms with Crippen LogP contribution in [-0.4, -0.2) is 31.2 Å². The molecule has 2 N–H and O–H groups in total. The molecule has 0 saturated heterocycles. The van der Waals surface area contributed by atoms with Crippen molar-refractivity contribution in [1.82, 2.24) is 4.98 Å². The van der Waals surface area contributed by atoms with E-state index in [2.05, 4.69) is 15.6 Å². The number of benzene rings is 1. The van der Waals surface area contributed by atoms with Gasteiger partial charge in [0.05, 0.1) is 31.2 Å². The standard InChI is InChI=1S/C20H25N3O3/c1-25-17-8-9-18(19(11-17)26-2)23-20(24)14-10-16(13-21-12-14)22-15-6-4-3-5-7-15/h8-13,15,22H,3-7H2,1-2H3,(H,23,24). The first-order chi connectivity index (χ1) is 12.7. The van der Waals surface area contributed by atoms with Crippen molar-refractivity contribution in [3.05, 3.63) is 42.2 Å². The van der Waals surface area contributed by atoms with Crippen molar-refractivity contribution in [1.29, 1.82) is 0 Å². The third-order valence-electron chi connectivity index (χ3n) is 4.63. The van der Waals surface area contributed by atoms with E-state index in [1.54, 1.807) is 44.8 Å². The molecule has 138 valence electrons. The Morgan fingerprint density at radius 2 is 1.88 bits per heavy atom. The fourth-order valence-corrected chi connectivity index (χ4v) is 3.22. The average molecular weight is 355 g/mol. The van der Waals surface area contributed by atoms with Gasteiger partial charge in [0, 0.05) is 24.5 Å². The second-order valence-electron chi connectivity index (χ2n) is 6.46. The number of pyridine rings is 1. The van der Waals surface area contributed by atoms with Crippen molar-refractivity contribution in [3.63, 3.8) is 0 Å². The Kier molecular flexibility index (Phi) is 5.94. The predicted octanol–water partition coefficient (Wildman–Crippen LogP) is 4.10. The van der Waals surface area contributed by atoms with Crippen molar-refractivity contribution < 1.29 is 14.3 Å². The molecule has 6 heteroatoms. The molecular weight excluding hydrogens is 330 g/mol. The molecule has 1 saturated carbocycles. The molecule has 0 atom stereocenters. The number of hydrogen-bond donors (Lipinski definition) is 2. The third kappa shape index (κ3) is 4.45. The zero-order valence-corrected chi connectivity index (χ0v) is 15.2. The van der Waals surface area contributed by atoms with E-state index in [0.717, 1.165) is 5.69 Å². The first-order valence-corrected chi connectivity index (χ1v) is 8.94. The first-order valence-electron chi connectivity index (χ1n) is 8.94. The van der Waals surface area contributed by atoms with Gasteiger partial charge < -0.3 is 20.1 Å². The van der Waals surface area contributed by atoms with Crippen molar-refractivity contribution in [2.24, 2.45) is 0 Å². The highest BCUT2D eigenvalue weighted by Gasteiger charge is 2.15. The maximum Gasteiger partial charge on any atom is 0.257 e. The molecule has 1 heterocycles. The second kappa shape index (κ2) is 8.56. The van der Waals surface area contributed by atoms with E-state index in [1.165, 1.54) is 32.1 Å². The number of carbonyl (C=O) groups is 1. The number of carbonyl (C=O) groups excluding carboxylic acids is 1. The Morgan fingerprint density at radius 3 is 2.62 bits per heavy atom. The molecule has 1 aliphatic rings. The van der Waals surface area contributed by atoms with Crippen LogP contribution in [0, 0.1) is 0 Å². The molecule has 0 spiro atoms. The number of rotatable bonds is 6. The van der Waals surface area contributed by atoms with Gasteiger partial charge in [-0.2, -0.15) is 0 Å². The summed E-state index contributed by atoms with van der Waals surface area (Å²) in [5, 5.41) is 6.37. The second-order valence-corrected chi connectivity index (χ2v) is 6.46. The molecule has 1 amide bonds. The Hall–Kier alpha value is -2.76. The van der Waals surface area contributed by atoms with Crippen molar-refractivity contribution in [2.45, 2.75) is 38.1 Å². The van der Waals surface area contributed by atoms with Gasteiger partial charge in [0.15, 0.2) is 0 Å². The van der Waals surface area contributed by atoms with E-state index in [-0.39, 0.29) is 5.91 Å². The van der Waals surface area contributed by atoms with Crippen LogP contribution in [0.4, 0.5) is 11.4 Å². The molecule has 0 aliphatic heterocycles.